The van der Waals surface area contributed by atoms with Gasteiger partial charge in [-0.25, -0.2) is 9.67 Å². The average Bonchev–Trinajstić information content (AvgIpc) is 3.43. The highest BCUT2D eigenvalue weighted by Crippen LogP contribution is 2.40. The zero-order chi connectivity index (χ0) is 21.0. The lowest BCUT2D eigenvalue weighted by molar-refractivity contribution is -0.136. The van der Waals surface area contributed by atoms with Gasteiger partial charge < -0.3 is 14.6 Å². The largest absolute Gasteiger partial charge is 0.483 e. The lowest BCUT2D eigenvalue weighted by Crippen LogP contribution is -2.45. The maximum Gasteiger partial charge on any atom is 0.290 e. The SMILES string of the molecule is CC(C)C[C@H]1c2nc(C3CC3)nn2CCN1C(=O)Cn1ccccc1=O.O=CO. The summed E-state index contributed by atoms with van der Waals surface area (Å²) in [6.45, 7) is 5.40. The Bertz CT molecular complexity index is 916. The van der Waals surface area contributed by atoms with Gasteiger partial charge in [0.1, 0.15) is 12.4 Å². The van der Waals surface area contributed by atoms with Crippen LogP contribution in [-0.2, 0) is 22.7 Å². The molecule has 0 radical (unpaired) electrons. The molecule has 0 spiro atoms. The molecule has 1 N–H and O–H groups in total. The first-order valence-electron chi connectivity index (χ1n) is 9.92. The van der Waals surface area contributed by atoms with Crippen molar-refractivity contribution in [3.63, 3.8) is 0 Å². The fraction of sp³-hybridized carbons (Fsp3) is 0.550. The first kappa shape index (κ1) is 20.8. The first-order valence-corrected chi connectivity index (χ1v) is 9.92. The molecule has 29 heavy (non-hydrogen) atoms. The highest BCUT2D eigenvalue weighted by molar-refractivity contribution is 5.76. The van der Waals surface area contributed by atoms with E-state index >= 15 is 0 Å². The van der Waals surface area contributed by atoms with E-state index in [1.54, 1.807) is 18.3 Å². The van der Waals surface area contributed by atoms with Gasteiger partial charge in [0, 0.05) is 24.7 Å². The van der Waals surface area contributed by atoms with Crippen LogP contribution in [-0.4, -0.2) is 48.3 Å². The van der Waals surface area contributed by atoms with Gasteiger partial charge >= 0.3 is 0 Å². The molecule has 0 unspecified atom stereocenters. The Kier molecular flexibility index (Phi) is 6.46. The summed E-state index contributed by atoms with van der Waals surface area (Å²) < 4.78 is 3.45. The van der Waals surface area contributed by atoms with Crippen LogP contribution in [0.5, 0.6) is 0 Å². The molecule has 1 saturated carbocycles. The highest BCUT2D eigenvalue weighted by atomic mass is 16.3. The summed E-state index contributed by atoms with van der Waals surface area (Å²) in [5.41, 5.74) is -0.155. The van der Waals surface area contributed by atoms with Crippen LogP contribution < -0.4 is 5.56 Å². The van der Waals surface area contributed by atoms with Crippen LogP contribution in [0.3, 0.4) is 0 Å². The molecule has 2 aromatic rings. The molecule has 9 nitrogen and oxygen atoms in total. The van der Waals surface area contributed by atoms with Gasteiger partial charge in [-0.3, -0.25) is 14.4 Å². The fourth-order valence-electron chi connectivity index (χ4n) is 3.60. The second-order valence-corrected chi connectivity index (χ2v) is 7.83. The minimum absolute atomic E-state index is 0.0360. The smallest absolute Gasteiger partial charge is 0.290 e. The summed E-state index contributed by atoms with van der Waals surface area (Å²) in [6.07, 6.45) is 4.84. The molecular formula is C20H27N5O4. The summed E-state index contributed by atoms with van der Waals surface area (Å²) in [5, 5.41) is 11.6. The van der Waals surface area contributed by atoms with Gasteiger partial charge in [-0.2, -0.15) is 5.10 Å². The predicted octanol–water partition coefficient (Wildman–Crippen LogP) is 1.65. The van der Waals surface area contributed by atoms with Crippen molar-refractivity contribution in [3.05, 3.63) is 46.4 Å². The Morgan fingerprint density at radius 2 is 2.03 bits per heavy atom. The minimum atomic E-state index is -0.250. The van der Waals surface area contributed by atoms with Crippen molar-refractivity contribution in [1.29, 1.82) is 0 Å². The van der Waals surface area contributed by atoms with Gasteiger partial charge in [-0.15, -0.1) is 0 Å². The van der Waals surface area contributed by atoms with E-state index in [-0.39, 0.29) is 30.5 Å². The van der Waals surface area contributed by atoms with Gasteiger partial charge in [0.25, 0.3) is 12.0 Å². The van der Waals surface area contributed by atoms with Crippen molar-refractivity contribution in [2.45, 2.75) is 58.2 Å². The Morgan fingerprint density at radius 1 is 1.31 bits per heavy atom. The topological polar surface area (TPSA) is 110 Å². The van der Waals surface area contributed by atoms with Crippen molar-refractivity contribution in [3.8, 4) is 0 Å². The number of rotatable bonds is 5. The average molecular weight is 401 g/mol. The molecule has 1 atom stereocenters. The Balaban J connectivity index is 0.000000755. The third-order valence-corrected chi connectivity index (χ3v) is 5.11. The number of fused-ring (bicyclic) bond motifs is 1. The Hall–Kier alpha value is -2.97. The van der Waals surface area contributed by atoms with E-state index in [2.05, 4.69) is 18.9 Å². The molecule has 0 aromatic carbocycles. The van der Waals surface area contributed by atoms with Crippen LogP contribution in [0.1, 0.15) is 56.7 Å². The van der Waals surface area contributed by atoms with Gasteiger partial charge in [-0.05, 0) is 31.2 Å². The molecular weight excluding hydrogens is 374 g/mol. The van der Waals surface area contributed by atoms with Crippen LogP contribution >= 0.6 is 0 Å². The third kappa shape index (κ3) is 4.90. The van der Waals surface area contributed by atoms with Gasteiger partial charge in [0.15, 0.2) is 5.82 Å². The number of pyridine rings is 1. The molecule has 3 heterocycles. The second-order valence-electron chi connectivity index (χ2n) is 7.83. The van der Waals surface area contributed by atoms with E-state index in [0.717, 1.165) is 30.9 Å². The standard InChI is InChI=1S/C19H25N5O2.CH2O2/c1-13(2)11-15-19-20-18(14-6-7-14)21-24(19)10-9-23(15)17(26)12-22-8-4-3-5-16(22)25;2-1-3/h3-5,8,13-15H,6-7,9-12H2,1-2H3;1H,(H,2,3)/t15-;/m0./s1. The number of aromatic nitrogens is 4. The van der Waals surface area contributed by atoms with Crippen LogP contribution in [0.2, 0.25) is 0 Å². The van der Waals surface area contributed by atoms with Crippen molar-refractivity contribution < 1.29 is 14.7 Å². The molecule has 1 aliphatic carbocycles. The van der Waals surface area contributed by atoms with Gasteiger partial charge in [-0.1, -0.05) is 19.9 Å². The van der Waals surface area contributed by atoms with E-state index in [0.29, 0.717) is 24.9 Å². The monoisotopic (exact) mass is 401 g/mol. The lowest BCUT2D eigenvalue weighted by Gasteiger charge is -2.36. The number of hydrogen-bond acceptors (Lipinski definition) is 5. The fourth-order valence-corrected chi connectivity index (χ4v) is 3.60. The van der Waals surface area contributed by atoms with Gasteiger partial charge in [0.05, 0.1) is 12.6 Å². The molecule has 0 saturated heterocycles. The molecule has 9 heteroatoms. The lowest BCUT2D eigenvalue weighted by atomic mass is 10.00. The summed E-state index contributed by atoms with van der Waals surface area (Å²) in [4.78, 5) is 40.0. The van der Waals surface area contributed by atoms with Crippen molar-refractivity contribution in [1.82, 2.24) is 24.2 Å². The van der Waals surface area contributed by atoms with E-state index in [1.165, 1.54) is 10.6 Å². The predicted molar refractivity (Wildman–Crippen MR) is 105 cm³/mol. The zero-order valence-corrected chi connectivity index (χ0v) is 16.8. The molecule has 1 fully saturated rings. The molecule has 0 bridgehead atoms. The molecule has 1 aliphatic heterocycles. The minimum Gasteiger partial charge on any atom is -0.483 e. The van der Waals surface area contributed by atoms with Crippen molar-refractivity contribution >= 4 is 12.4 Å². The number of hydrogen-bond donors (Lipinski definition) is 1. The van der Waals surface area contributed by atoms with Crippen LogP contribution in [0.4, 0.5) is 0 Å². The van der Waals surface area contributed by atoms with Crippen molar-refractivity contribution in [2.24, 2.45) is 5.92 Å². The molecule has 2 aromatic heterocycles. The molecule has 2 aliphatic rings. The summed E-state index contributed by atoms with van der Waals surface area (Å²) >= 11 is 0. The summed E-state index contributed by atoms with van der Waals surface area (Å²) in [5.74, 6) is 2.73. The van der Waals surface area contributed by atoms with Crippen LogP contribution in [0, 0.1) is 5.92 Å². The molecule has 1 amide bonds. The third-order valence-electron chi connectivity index (χ3n) is 5.11. The number of amides is 1. The van der Waals surface area contributed by atoms with Crippen LogP contribution in [0.25, 0.3) is 0 Å². The normalized spacial score (nSPS) is 18.0. The number of carboxylic acid groups (broad SMARTS) is 1. The van der Waals surface area contributed by atoms with Gasteiger partial charge in [0.2, 0.25) is 5.91 Å². The number of carbonyl (C=O) groups excluding carboxylic acids is 1. The van der Waals surface area contributed by atoms with Crippen molar-refractivity contribution in [2.75, 3.05) is 6.54 Å². The Morgan fingerprint density at radius 3 is 2.66 bits per heavy atom. The first-order chi connectivity index (χ1) is 13.9. The van der Waals surface area contributed by atoms with E-state index in [4.69, 9.17) is 14.9 Å². The van der Waals surface area contributed by atoms with E-state index in [1.807, 2.05) is 9.58 Å². The number of nitrogens with zero attached hydrogens (tertiary/aromatic N) is 5. The second kappa shape index (κ2) is 9.02. The molecule has 156 valence electrons. The van der Waals surface area contributed by atoms with Crippen LogP contribution in [0.15, 0.2) is 29.2 Å². The summed E-state index contributed by atoms with van der Waals surface area (Å²) in [7, 11) is 0. The number of carbonyl (C=O) groups is 2. The van der Waals surface area contributed by atoms with E-state index < -0.39 is 0 Å². The highest BCUT2D eigenvalue weighted by Gasteiger charge is 2.36. The summed E-state index contributed by atoms with van der Waals surface area (Å²) in [6, 6.07) is 4.87. The molecule has 4 rings (SSSR count). The Labute approximate surface area is 169 Å². The van der Waals surface area contributed by atoms with E-state index in [9.17, 15) is 9.59 Å². The quantitative estimate of drug-likeness (QED) is 0.763. The maximum atomic E-state index is 13.0. The zero-order valence-electron chi connectivity index (χ0n) is 16.8. The maximum absolute atomic E-state index is 13.0.